The number of rotatable bonds is 5. The van der Waals surface area contributed by atoms with Crippen molar-refractivity contribution in [2.45, 2.75) is 0 Å². The number of carbonyl (C=O) groups excluding carboxylic acids is 1. The average molecular weight is 318 g/mol. The predicted molar refractivity (Wildman–Crippen MR) is 86.8 cm³/mol. The second kappa shape index (κ2) is 7.81. The molecule has 1 aliphatic heterocycles. The molecule has 0 radical (unpaired) electrons. The van der Waals surface area contributed by atoms with Crippen molar-refractivity contribution in [2.24, 2.45) is 0 Å². The zero-order valence-electron chi connectivity index (χ0n) is 13.8. The van der Waals surface area contributed by atoms with E-state index in [4.69, 9.17) is 9.47 Å². The number of hydrogen-bond acceptors (Lipinski definition) is 6. The molecule has 2 rings (SSSR count). The van der Waals surface area contributed by atoms with Gasteiger partial charge in [0.2, 0.25) is 5.91 Å². The van der Waals surface area contributed by atoms with Crippen LogP contribution in [0, 0.1) is 11.3 Å². The molecule has 1 fully saturated rings. The van der Waals surface area contributed by atoms with Crippen LogP contribution < -0.4 is 14.8 Å². The van der Waals surface area contributed by atoms with Crippen LogP contribution >= 0.6 is 0 Å². The Bertz CT molecular complexity index is 604. The number of carbonyl (C=O) groups is 1. The van der Waals surface area contributed by atoms with Crippen molar-refractivity contribution in [3.63, 3.8) is 0 Å². The molecule has 0 spiro atoms. The van der Waals surface area contributed by atoms with Crippen LogP contribution in [0.2, 0.25) is 0 Å². The topological polar surface area (TPSA) is 77.8 Å². The van der Waals surface area contributed by atoms with E-state index in [0.29, 0.717) is 29.3 Å². The lowest BCUT2D eigenvalue weighted by atomic mass is 10.1. The van der Waals surface area contributed by atoms with Crippen molar-refractivity contribution >= 4 is 11.6 Å². The van der Waals surface area contributed by atoms with E-state index in [9.17, 15) is 10.1 Å². The smallest absolute Gasteiger partial charge is 0.238 e. The highest BCUT2D eigenvalue weighted by atomic mass is 16.5. The Hall–Kier alpha value is -2.30. The number of benzene rings is 1. The highest BCUT2D eigenvalue weighted by Gasteiger charge is 2.18. The molecule has 1 aromatic rings. The van der Waals surface area contributed by atoms with Gasteiger partial charge in [-0.1, -0.05) is 0 Å². The number of nitrogens with zero attached hydrogens (tertiary/aromatic N) is 3. The van der Waals surface area contributed by atoms with Crippen molar-refractivity contribution in [1.82, 2.24) is 9.80 Å². The zero-order valence-corrected chi connectivity index (χ0v) is 13.8. The summed E-state index contributed by atoms with van der Waals surface area (Å²) >= 11 is 0. The van der Waals surface area contributed by atoms with Crippen molar-refractivity contribution in [1.29, 1.82) is 5.26 Å². The molecule has 1 saturated heterocycles. The van der Waals surface area contributed by atoms with Gasteiger partial charge in [-0.25, -0.2) is 0 Å². The summed E-state index contributed by atoms with van der Waals surface area (Å²) in [6, 6.07) is 5.24. The minimum atomic E-state index is -0.140. The van der Waals surface area contributed by atoms with Gasteiger partial charge < -0.3 is 19.7 Å². The fourth-order valence-electron chi connectivity index (χ4n) is 2.47. The number of piperazine rings is 1. The fraction of sp³-hybridized carbons (Fsp3) is 0.500. The highest BCUT2D eigenvalue weighted by molar-refractivity contribution is 5.94. The lowest BCUT2D eigenvalue weighted by Crippen LogP contribution is -2.47. The Morgan fingerprint density at radius 2 is 1.83 bits per heavy atom. The van der Waals surface area contributed by atoms with Crippen LogP contribution in [-0.4, -0.2) is 69.7 Å². The quantitative estimate of drug-likeness (QED) is 0.864. The molecule has 7 heteroatoms. The number of nitrogens with one attached hydrogen (secondary N) is 1. The first-order chi connectivity index (χ1) is 11.1. The number of methoxy groups -OCH3 is 2. The van der Waals surface area contributed by atoms with E-state index in [1.165, 1.54) is 14.2 Å². The molecule has 7 nitrogen and oxygen atoms in total. The third-order valence-electron chi connectivity index (χ3n) is 3.88. The molecule has 1 aliphatic rings. The molecule has 0 unspecified atom stereocenters. The minimum Gasteiger partial charge on any atom is -0.493 e. The standard InChI is InChI=1S/C16H22N4O3/c1-19-4-6-20(7-5-19)11-16(21)18-13-9-15(23-3)14(22-2)8-12(13)10-17/h8-9H,4-7,11H2,1-3H3,(H,18,21). The molecular weight excluding hydrogens is 296 g/mol. The molecule has 1 heterocycles. The molecule has 0 saturated carbocycles. The Morgan fingerprint density at radius 3 is 2.39 bits per heavy atom. The fourth-order valence-corrected chi connectivity index (χ4v) is 2.47. The van der Waals surface area contributed by atoms with E-state index in [0.717, 1.165) is 26.2 Å². The first-order valence-corrected chi connectivity index (χ1v) is 7.44. The lowest BCUT2D eigenvalue weighted by molar-refractivity contribution is -0.117. The summed E-state index contributed by atoms with van der Waals surface area (Å²) in [5, 5.41) is 12.0. The largest absolute Gasteiger partial charge is 0.493 e. The van der Waals surface area contributed by atoms with Gasteiger partial charge in [-0.15, -0.1) is 0 Å². The average Bonchev–Trinajstić information content (AvgIpc) is 2.56. The minimum absolute atomic E-state index is 0.140. The van der Waals surface area contributed by atoms with Crippen molar-refractivity contribution in [2.75, 3.05) is 59.3 Å². The Morgan fingerprint density at radius 1 is 1.22 bits per heavy atom. The van der Waals surface area contributed by atoms with Gasteiger partial charge in [0.15, 0.2) is 11.5 Å². The van der Waals surface area contributed by atoms with E-state index in [2.05, 4.69) is 28.2 Å². The van der Waals surface area contributed by atoms with Gasteiger partial charge in [0.25, 0.3) is 0 Å². The lowest BCUT2D eigenvalue weighted by Gasteiger charge is -2.31. The Balaban J connectivity index is 2.06. The molecule has 124 valence electrons. The zero-order chi connectivity index (χ0) is 16.8. The molecule has 1 amide bonds. The summed E-state index contributed by atoms with van der Waals surface area (Å²) in [7, 11) is 5.09. The van der Waals surface area contributed by atoms with Crippen LogP contribution in [0.15, 0.2) is 12.1 Å². The molecule has 0 aliphatic carbocycles. The third-order valence-corrected chi connectivity index (χ3v) is 3.88. The van der Waals surface area contributed by atoms with Crippen LogP contribution in [0.5, 0.6) is 11.5 Å². The number of hydrogen-bond donors (Lipinski definition) is 1. The summed E-state index contributed by atoms with van der Waals surface area (Å²) in [6.07, 6.45) is 0. The van der Waals surface area contributed by atoms with E-state index in [1.807, 2.05) is 0 Å². The van der Waals surface area contributed by atoms with Gasteiger partial charge in [-0.2, -0.15) is 5.26 Å². The number of ether oxygens (including phenoxy) is 2. The van der Waals surface area contributed by atoms with E-state index in [-0.39, 0.29) is 5.91 Å². The van der Waals surface area contributed by atoms with Gasteiger partial charge in [0.1, 0.15) is 6.07 Å². The maximum atomic E-state index is 12.2. The molecular formula is C16H22N4O3. The first kappa shape index (κ1) is 17.1. The number of anilines is 1. The molecule has 0 aromatic heterocycles. The second-order valence-electron chi connectivity index (χ2n) is 5.49. The molecule has 1 N–H and O–H groups in total. The van der Waals surface area contributed by atoms with Gasteiger partial charge >= 0.3 is 0 Å². The second-order valence-corrected chi connectivity index (χ2v) is 5.49. The normalized spacial score (nSPS) is 15.7. The van der Waals surface area contributed by atoms with Crippen LogP contribution in [0.4, 0.5) is 5.69 Å². The first-order valence-electron chi connectivity index (χ1n) is 7.44. The van der Waals surface area contributed by atoms with E-state index >= 15 is 0 Å². The van der Waals surface area contributed by atoms with E-state index in [1.54, 1.807) is 12.1 Å². The summed E-state index contributed by atoms with van der Waals surface area (Å²) in [5.41, 5.74) is 0.777. The van der Waals surface area contributed by atoms with Crippen LogP contribution in [0.3, 0.4) is 0 Å². The maximum Gasteiger partial charge on any atom is 0.238 e. The number of amides is 1. The van der Waals surface area contributed by atoms with E-state index < -0.39 is 0 Å². The van der Waals surface area contributed by atoms with Gasteiger partial charge in [-0.3, -0.25) is 9.69 Å². The maximum absolute atomic E-state index is 12.2. The predicted octanol–water partition coefficient (Wildman–Crippen LogP) is 0.761. The molecule has 23 heavy (non-hydrogen) atoms. The van der Waals surface area contributed by atoms with Crippen LogP contribution in [-0.2, 0) is 4.79 Å². The third kappa shape index (κ3) is 4.34. The summed E-state index contributed by atoms with van der Waals surface area (Å²) in [6.45, 7) is 3.94. The number of nitriles is 1. The summed E-state index contributed by atoms with van der Waals surface area (Å²) in [4.78, 5) is 16.6. The van der Waals surface area contributed by atoms with Crippen molar-refractivity contribution in [3.8, 4) is 17.6 Å². The summed E-state index contributed by atoms with van der Waals surface area (Å²) < 4.78 is 10.4. The molecule has 1 aromatic carbocycles. The summed E-state index contributed by atoms with van der Waals surface area (Å²) in [5.74, 6) is 0.792. The van der Waals surface area contributed by atoms with Gasteiger partial charge in [-0.05, 0) is 7.05 Å². The van der Waals surface area contributed by atoms with Crippen molar-refractivity contribution < 1.29 is 14.3 Å². The molecule has 0 bridgehead atoms. The van der Waals surface area contributed by atoms with Crippen LogP contribution in [0.25, 0.3) is 0 Å². The SMILES string of the molecule is COc1cc(C#N)c(NC(=O)CN2CCN(C)CC2)cc1OC. The van der Waals surface area contributed by atoms with Gasteiger partial charge in [0, 0.05) is 38.3 Å². The van der Waals surface area contributed by atoms with Gasteiger partial charge in [0.05, 0.1) is 32.0 Å². The Kier molecular flexibility index (Phi) is 5.79. The monoisotopic (exact) mass is 318 g/mol. The Labute approximate surface area is 136 Å². The number of likely N-dealkylation sites (N-methyl/N-ethyl adjacent to an activating group) is 1. The van der Waals surface area contributed by atoms with Crippen molar-refractivity contribution in [3.05, 3.63) is 17.7 Å². The van der Waals surface area contributed by atoms with Crippen LogP contribution in [0.1, 0.15) is 5.56 Å². The molecule has 0 atom stereocenters. The highest BCUT2D eigenvalue weighted by Crippen LogP contribution is 2.32.